The van der Waals surface area contributed by atoms with Gasteiger partial charge in [0, 0.05) is 0 Å². The molecule has 1 N–H and O–H groups in total. The molecule has 60 valence electrons. The van der Waals surface area contributed by atoms with E-state index in [0.29, 0.717) is 6.42 Å². The molecule has 6 heteroatoms. The summed E-state index contributed by atoms with van der Waals surface area (Å²) in [5.74, 6) is 0. The standard InChI is InChI=1S/C4H9FO3S.Mg.2H/c1-2-3-4(5)9(6,7)8;;;/h4H,2-3H2,1H3,(H,6,7,8);;;/q;+2;2*-1. The van der Waals surface area contributed by atoms with Crippen molar-refractivity contribution in [3.05, 3.63) is 0 Å². The van der Waals surface area contributed by atoms with Crippen molar-refractivity contribution in [1.82, 2.24) is 0 Å². The SMILES string of the molecule is CCCC(F)S(=O)(=O)O.[H-].[H-].[Mg+2]. The molecule has 0 aliphatic rings. The van der Waals surface area contributed by atoms with E-state index < -0.39 is 15.6 Å². The number of rotatable bonds is 3. The Morgan fingerprint density at radius 2 is 2.10 bits per heavy atom. The van der Waals surface area contributed by atoms with E-state index in [4.69, 9.17) is 4.55 Å². The van der Waals surface area contributed by atoms with E-state index in [9.17, 15) is 12.8 Å². The van der Waals surface area contributed by atoms with Gasteiger partial charge in [0.2, 0.25) is 5.50 Å². The second kappa shape index (κ2) is 5.28. The average Bonchev–Trinajstić information content (AvgIpc) is 1.64. The van der Waals surface area contributed by atoms with E-state index in [2.05, 4.69) is 0 Å². The van der Waals surface area contributed by atoms with Crippen molar-refractivity contribution in [2.75, 3.05) is 0 Å². The summed E-state index contributed by atoms with van der Waals surface area (Å²) in [7, 11) is -4.43. The molecule has 1 unspecified atom stereocenters. The quantitative estimate of drug-likeness (QED) is 0.519. The number of hydrogen-bond donors (Lipinski definition) is 1. The fraction of sp³-hybridized carbons (Fsp3) is 1.00. The molecule has 3 nitrogen and oxygen atoms in total. The Bertz CT molecular complexity index is 175. The fourth-order valence-electron chi connectivity index (χ4n) is 0.376. The molecule has 10 heavy (non-hydrogen) atoms. The van der Waals surface area contributed by atoms with Gasteiger partial charge < -0.3 is 2.85 Å². The summed E-state index contributed by atoms with van der Waals surface area (Å²) in [6, 6.07) is 0. The Morgan fingerprint density at radius 1 is 1.70 bits per heavy atom. The number of alkyl halides is 1. The average molecular weight is 182 g/mol. The van der Waals surface area contributed by atoms with Crippen LogP contribution in [0.5, 0.6) is 0 Å². The summed E-state index contributed by atoms with van der Waals surface area (Å²) in [4.78, 5) is 0. The van der Waals surface area contributed by atoms with E-state index in [1.54, 1.807) is 6.92 Å². The van der Waals surface area contributed by atoms with E-state index in [1.165, 1.54) is 0 Å². The molecule has 0 bridgehead atoms. The summed E-state index contributed by atoms with van der Waals surface area (Å²) in [6.45, 7) is 1.64. The van der Waals surface area contributed by atoms with Gasteiger partial charge in [-0.05, 0) is 6.42 Å². The van der Waals surface area contributed by atoms with Gasteiger partial charge >= 0.3 is 23.1 Å². The molecule has 0 aromatic rings. The molecule has 0 saturated heterocycles. The van der Waals surface area contributed by atoms with Crippen molar-refractivity contribution < 1.29 is 20.2 Å². The fourth-order valence-corrected chi connectivity index (χ4v) is 0.909. The first-order chi connectivity index (χ1) is 3.98. The van der Waals surface area contributed by atoms with Crippen molar-refractivity contribution in [3.8, 4) is 0 Å². The van der Waals surface area contributed by atoms with E-state index in [0.717, 1.165) is 0 Å². The Balaban J connectivity index is -0.000000107. The smallest absolute Gasteiger partial charge is 1.00 e. The van der Waals surface area contributed by atoms with Gasteiger partial charge in [-0.15, -0.1) is 0 Å². The zero-order valence-electron chi connectivity index (χ0n) is 7.75. The van der Waals surface area contributed by atoms with Crippen molar-refractivity contribution >= 4 is 33.2 Å². The second-order valence-electron chi connectivity index (χ2n) is 1.71. The van der Waals surface area contributed by atoms with Crippen LogP contribution in [0.4, 0.5) is 4.39 Å². The minimum atomic E-state index is -4.43. The van der Waals surface area contributed by atoms with Gasteiger partial charge in [0.25, 0.3) is 10.1 Å². The molecule has 1 atom stereocenters. The number of halogens is 1. The molecule has 0 aromatic heterocycles. The number of hydrogen-bond acceptors (Lipinski definition) is 2. The first-order valence-corrected chi connectivity index (χ1v) is 4.09. The minimum Gasteiger partial charge on any atom is -1.00 e. The zero-order chi connectivity index (χ0) is 7.49. The monoisotopic (exact) mass is 182 g/mol. The third kappa shape index (κ3) is 5.40. The third-order valence-corrected chi connectivity index (χ3v) is 1.72. The van der Waals surface area contributed by atoms with Crippen LogP contribution in [0.15, 0.2) is 0 Å². The van der Waals surface area contributed by atoms with E-state index in [-0.39, 0.29) is 32.3 Å². The van der Waals surface area contributed by atoms with Gasteiger partial charge in [0.15, 0.2) is 0 Å². The van der Waals surface area contributed by atoms with Gasteiger partial charge in [-0.1, -0.05) is 13.3 Å². The maximum Gasteiger partial charge on any atom is 2.00 e. The van der Waals surface area contributed by atoms with Crippen molar-refractivity contribution in [2.45, 2.75) is 25.3 Å². The van der Waals surface area contributed by atoms with Gasteiger partial charge in [-0.25, -0.2) is 4.39 Å². The van der Waals surface area contributed by atoms with Crippen LogP contribution in [0.2, 0.25) is 0 Å². The van der Waals surface area contributed by atoms with E-state index in [1.807, 2.05) is 0 Å². The first-order valence-electron chi connectivity index (χ1n) is 2.59. The molecule has 0 saturated carbocycles. The Morgan fingerprint density at radius 3 is 2.20 bits per heavy atom. The van der Waals surface area contributed by atoms with Crippen LogP contribution in [-0.2, 0) is 10.1 Å². The van der Waals surface area contributed by atoms with Crippen molar-refractivity contribution in [1.29, 1.82) is 0 Å². The molecular weight excluding hydrogens is 171 g/mol. The van der Waals surface area contributed by atoms with Crippen molar-refractivity contribution in [3.63, 3.8) is 0 Å². The van der Waals surface area contributed by atoms with Crippen LogP contribution in [0.3, 0.4) is 0 Å². The molecule has 0 radical (unpaired) electrons. The van der Waals surface area contributed by atoms with Gasteiger partial charge in [0.1, 0.15) is 0 Å². The summed E-state index contributed by atoms with van der Waals surface area (Å²) >= 11 is 0. The third-order valence-electron chi connectivity index (χ3n) is 0.839. The zero-order valence-corrected chi connectivity index (χ0v) is 7.98. The molecule has 0 aromatic carbocycles. The topological polar surface area (TPSA) is 54.4 Å². The van der Waals surface area contributed by atoms with Crippen LogP contribution in [0.25, 0.3) is 0 Å². The van der Waals surface area contributed by atoms with Crippen LogP contribution < -0.4 is 0 Å². The molecule has 0 rings (SSSR count). The summed E-state index contributed by atoms with van der Waals surface area (Å²) in [5, 5.41) is 0. The summed E-state index contributed by atoms with van der Waals surface area (Å²) in [5.41, 5.74) is -2.11. The van der Waals surface area contributed by atoms with Crippen molar-refractivity contribution in [2.24, 2.45) is 0 Å². The molecule has 0 amide bonds. The largest absolute Gasteiger partial charge is 2.00 e. The normalized spacial score (nSPS) is 13.9. The molecule has 0 aliphatic heterocycles. The van der Waals surface area contributed by atoms with Gasteiger partial charge in [0.05, 0.1) is 0 Å². The molecule has 0 fully saturated rings. The van der Waals surface area contributed by atoms with E-state index >= 15 is 0 Å². The second-order valence-corrected chi connectivity index (χ2v) is 3.26. The Labute approximate surface area is 78.9 Å². The minimum absolute atomic E-state index is 0. The predicted molar refractivity (Wildman–Crippen MR) is 39.3 cm³/mol. The Kier molecular flexibility index (Phi) is 6.98. The van der Waals surface area contributed by atoms with Crippen LogP contribution in [-0.4, -0.2) is 41.5 Å². The molecule has 0 heterocycles. The van der Waals surface area contributed by atoms with Crippen LogP contribution >= 0.6 is 0 Å². The molecule has 0 spiro atoms. The maximum absolute atomic E-state index is 12.1. The summed E-state index contributed by atoms with van der Waals surface area (Å²) < 4.78 is 39.9. The Hall–Kier alpha value is 0.606. The van der Waals surface area contributed by atoms with Gasteiger partial charge in [-0.2, -0.15) is 8.42 Å². The van der Waals surface area contributed by atoms with Crippen LogP contribution in [0, 0.1) is 0 Å². The van der Waals surface area contributed by atoms with Crippen LogP contribution in [0.1, 0.15) is 22.6 Å². The summed E-state index contributed by atoms with van der Waals surface area (Å²) in [6.07, 6.45) is 0.264. The first kappa shape index (κ1) is 13.2. The predicted octanol–water partition coefficient (Wildman–Crippen LogP) is 0.814. The molecule has 0 aliphatic carbocycles. The maximum atomic E-state index is 12.1. The molecular formula is C4H11FMgO3S. The van der Waals surface area contributed by atoms with Gasteiger partial charge in [-0.3, -0.25) is 4.55 Å².